The van der Waals surface area contributed by atoms with Crippen molar-refractivity contribution in [2.75, 3.05) is 5.32 Å². The van der Waals surface area contributed by atoms with Crippen molar-refractivity contribution in [3.63, 3.8) is 0 Å². The zero-order valence-electron chi connectivity index (χ0n) is 13.8. The maximum atomic E-state index is 12.6. The van der Waals surface area contributed by atoms with Gasteiger partial charge in [0.15, 0.2) is 11.4 Å². The molecule has 6 heteroatoms. The smallest absolute Gasteiger partial charge is 0.230 e. The summed E-state index contributed by atoms with van der Waals surface area (Å²) < 4.78 is 1.47. The SMILES string of the molecule is CC(C)(C)C(=O)Nc1ccnc2c(C(=O)c3ccccc3)cnn12. The standard InChI is InChI=1S/C18H18N4O2/c1-18(2,3)17(24)21-14-9-10-19-16-13(11-20-22(14)16)15(23)12-7-5-4-6-8-12/h4-11H,1-3H3,(H,21,24). The van der Waals surface area contributed by atoms with Gasteiger partial charge in [0, 0.05) is 17.2 Å². The molecule has 0 atom stereocenters. The lowest BCUT2D eigenvalue weighted by molar-refractivity contribution is -0.123. The van der Waals surface area contributed by atoms with Crippen LogP contribution in [0.5, 0.6) is 0 Å². The average molecular weight is 322 g/mol. The van der Waals surface area contributed by atoms with Gasteiger partial charge in [-0.2, -0.15) is 9.61 Å². The second kappa shape index (κ2) is 5.88. The molecule has 1 aromatic carbocycles. The Hall–Kier alpha value is -3.02. The van der Waals surface area contributed by atoms with Gasteiger partial charge >= 0.3 is 0 Å². The molecular formula is C18H18N4O2. The van der Waals surface area contributed by atoms with E-state index in [9.17, 15) is 9.59 Å². The number of carbonyl (C=O) groups is 2. The Morgan fingerprint density at radius 3 is 2.46 bits per heavy atom. The molecule has 0 aliphatic rings. The van der Waals surface area contributed by atoms with Crippen molar-refractivity contribution in [3.05, 3.63) is 59.9 Å². The summed E-state index contributed by atoms with van der Waals surface area (Å²) in [6.45, 7) is 5.48. The van der Waals surface area contributed by atoms with E-state index >= 15 is 0 Å². The number of ketones is 1. The minimum absolute atomic E-state index is 0.138. The highest BCUT2D eigenvalue weighted by Gasteiger charge is 2.23. The quantitative estimate of drug-likeness (QED) is 0.752. The summed E-state index contributed by atoms with van der Waals surface area (Å²) in [7, 11) is 0. The molecule has 3 aromatic rings. The zero-order valence-corrected chi connectivity index (χ0v) is 13.8. The number of amides is 1. The van der Waals surface area contributed by atoms with E-state index in [1.165, 1.54) is 10.7 Å². The predicted octanol–water partition coefficient (Wildman–Crippen LogP) is 2.94. The summed E-state index contributed by atoms with van der Waals surface area (Å²) >= 11 is 0. The van der Waals surface area contributed by atoms with E-state index in [1.54, 1.807) is 36.5 Å². The third kappa shape index (κ3) is 2.90. The van der Waals surface area contributed by atoms with Crippen molar-refractivity contribution in [3.8, 4) is 0 Å². The van der Waals surface area contributed by atoms with E-state index < -0.39 is 5.41 Å². The predicted molar refractivity (Wildman–Crippen MR) is 90.9 cm³/mol. The largest absolute Gasteiger partial charge is 0.310 e. The minimum atomic E-state index is -0.536. The highest BCUT2D eigenvalue weighted by molar-refractivity contribution is 6.12. The normalized spacial score (nSPS) is 11.5. The first-order chi connectivity index (χ1) is 11.4. The Morgan fingerprint density at radius 1 is 1.08 bits per heavy atom. The molecule has 122 valence electrons. The number of anilines is 1. The van der Waals surface area contributed by atoms with E-state index in [1.807, 2.05) is 26.8 Å². The number of hydrogen-bond acceptors (Lipinski definition) is 4. The van der Waals surface area contributed by atoms with Crippen LogP contribution in [0.4, 0.5) is 5.82 Å². The molecule has 3 rings (SSSR count). The summed E-state index contributed by atoms with van der Waals surface area (Å²) in [6, 6.07) is 10.6. The summed E-state index contributed by atoms with van der Waals surface area (Å²) in [5.74, 6) is 0.186. The van der Waals surface area contributed by atoms with Gasteiger partial charge in [0.1, 0.15) is 5.82 Å². The number of rotatable bonds is 3. The van der Waals surface area contributed by atoms with Gasteiger partial charge < -0.3 is 5.32 Å². The van der Waals surface area contributed by atoms with Crippen molar-refractivity contribution >= 4 is 23.2 Å². The van der Waals surface area contributed by atoms with E-state index in [4.69, 9.17) is 0 Å². The van der Waals surface area contributed by atoms with Crippen LogP contribution in [-0.4, -0.2) is 26.3 Å². The highest BCUT2D eigenvalue weighted by atomic mass is 16.2. The van der Waals surface area contributed by atoms with Crippen molar-refractivity contribution in [1.82, 2.24) is 14.6 Å². The van der Waals surface area contributed by atoms with Gasteiger partial charge in [-0.1, -0.05) is 51.1 Å². The number of benzene rings is 1. The van der Waals surface area contributed by atoms with Crippen LogP contribution in [0.1, 0.15) is 36.7 Å². The van der Waals surface area contributed by atoms with Crippen LogP contribution in [0.2, 0.25) is 0 Å². The lowest BCUT2D eigenvalue weighted by Gasteiger charge is -2.17. The topological polar surface area (TPSA) is 76.4 Å². The monoisotopic (exact) mass is 322 g/mol. The Morgan fingerprint density at radius 2 is 1.79 bits per heavy atom. The first kappa shape index (κ1) is 15.9. The molecule has 0 unspecified atom stereocenters. The molecule has 1 N–H and O–H groups in total. The number of hydrogen-bond donors (Lipinski definition) is 1. The van der Waals surface area contributed by atoms with E-state index in [-0.39, 0.29) is 11.7 Å². The fourth-order valence-corrected chi connectivity index (χ4v) is 2.20. The van der Waals surface area contributed by atoms with E-state index in [2.05, 4.69) is 15.4 Å². The van der Waals surface area contributed by atoms with Gasteiger partial charge in [0.25, 0.3) is 0 Å². The number of nitrogens with one attached hydrogen (secondary N) is 1. The summed E-state index contributed by atoms with van der Waals surface area (Å²) in [4.78, 5) is 29.1. The van der Waals surface area contributed by atoms with Crippen molar-refractivity contribution in [2.45, 2.75) is 20.8 Å². The molecule has 0 saturated heterocycles. The van der Waals surface area contributed by atoms with Crippen LogP contribution >= 0.6 is 0 Å². The van der Waals surface area contributed by atoms with Gasteiger partial charge in [-0.15, -0.1) is 0 Å². The van der Waals surface area contributed by atoms with Crippen LogP contribution in [0.25, 0.3) is 5.65 Å². The number of nitrogens with zero attached hydrogens (tertiary/aromatic N) is 3. The fourth-order valence-electron chi connectivity index (χ4n) is 2.20. The van der Waals surface area contributed by atoms with Gasteiger partial charge in [-0.25, -0.2) is 4.98 Å². The van der Waals surface area contributed by atoms with Crippen LogP contribution in [0.3, 0.4) is 0 Å². The van der Waals surface area contributed by atoms with Gasteiger partial charge in [-0.05, 0) is 6.07 Å². The highest BCUT2D eigenvalue weighted by Crippen LogP contribution is 2.20. The fraction of sp³-hybridized carbons (Fsp3) is 0.222. The molecule has 0 aliphatic carbocycles. The third-order valence-electron chi connectivity index (χ3n) is 3.60. The van der Waals surface area contributed by atoms with E-state index in [0.29, 0.717) is 22.6 Å². The second-order valence-corrected chi connectivity index (χ2v) is 6.52. The van der Waals surface area contributed by atoms with Gasteiger partial charge in [0.2, 0.25) is 5.91 Å². The van der Waals surface area contributed by atoms with Gasteiger partial charge in [-0.3, -0.25) is 9.59 Å². The molecule has 6 nitrogen and oxygen atoms in total. The Balaban J connectivity index is 2.01. The molecule has 0 bridgehead atoms. The third-order valence-corrected chi connectivity index (χ3v) is 3.60. The first-order valence-electron chi connectivity index (χ1n) is 7.62. The number of fused-ring (bicyclic) bond motifs is 1. The molecule has 24 heavy (non-hydrogen) atoms. The van der Waals surface area contributed by atoms with Crippen LogP contribution in [-0.2, 0) is 4.79 Å². The molecule has 0 saturated carbocycles. The molecule has 0 spiro atoms. The second-order valence-electron chi connectivity index (χ2n) is 6.52. The summed E-state index contributed by atoms with van der Waals surface area (Å²) in [5, 5.41) is 7.05. The van der Waals surface area contributed by atoms with Crippen molar-refractivity contribution < 1.29 is 9.59 Å². The number of aromatic nitrogens is 3. The van der Waals surface area contributed by atoms with Gasteiger partial charge in [0.05, 0.1) is 11.8 Å². The van der Waals surface area contributed by atoms with E-state index in [0.717, 1.165) is 0 Å². The average Bonchev–Trinajstić information content (AvgIpc) is 2.99. The number of carbonyl (C=O) groups excluding carboxylic acids is 2. The van der Waals surface area contributed by atoms with Crippen molar-refractivity contribution in [1.29, 1.82) is 0 Å². The minimum Gasteiger partial charge on any atom is -0.310 e. The lowest BCUT2D eigenvalue weighted by Crippen LogP contribution is -2.28. The molecule has 0 radical (unpaired) electrons. The molecule has 0 aliphatic heterocycles. The van der Waals surface area contributed by atoms with Crippen LogP contribution < -0.4 is 5.32 Å². The van der Waals surface area contributed by atoms with Crippen molar-refractivity contribution in [2.24, 2.45) is 5.41 Å². The Bertz CT molecular complexity index is 908. The zero-order chi connectivity index (χ0) is 17.3. The first-order valence-corrected chi connectivity index (χ1v) is 7.62. The molecular weight excluding hydrogens is 304 g/mol. The molecule has 0 fully saturated rings. The summed E-state index contributed by atoms with van der Waals surface area (Å²) in [6.07, 6.45) is 3.03. The van der Waals surface area contributed by atoms with Crippen LogP contribution in [0.15, 0.2) is 48.8 Å². The molecule has 1 amide bonds. The maximum Gasteiger partial charge on any atom is 0.230 e. The molecule has 2 heterocycles. The Kier molecular flexibility index (Phi) is 3.89. The Labute approximate surface area is 139 Å². The molecule has 2 aromatic heterocycles. The lowest BCUT2D eigenvalue weighted by atomic mass is 9.96. The maximum absolute atomic E-state index is 12.6. The summed E-state index contributed by atoms with van der Waals surface area (Å²) in [5.41, 5.74) is 0.841. The van der Waals surface area contributed by atoms with Crippen LogP contribution in [0, 0.1) is 5.41 Å².